The third-order valence-corrected chi connectivity index (χ3v) is 3.87. The molecule has 2 atom stereocenters. The number of allylic oxidation sites excluding steroid dienone is 3. The molecule has 14 heavy (non-hydrogen) atoms. The molecule has 1 aliphatic carbocycles. The quantitative estimate of drug-likeness (QED) is 0.372. The molecule has 0 heterocycles. The van der Waals surface area contributed by atoms with Crippen LogP contribution in [0.3, 0.4) is 0 Å². The van der Waals surface area contributed by atoms with Crippen LogP contribution in [0.1, 0.15) is 40.0 Å². The monoisotopic (exact) mass is 192 g/mol. The SMILES string of the molecule is C=C1CCCC(C)C1(C)/C(C=O)=C/C. The molecule has 1 nitrogen and oxygen atoms in total. The average molecular weight is 192 g/mol. The number of carbonyl (C=O) groups is 1. The van der Waals surface area contributed by atoms with Gasteiger partial charge in [-0.3, -0.25) is 4.79 Å². The lowest BCUT2D eigenvalue weighted by atomic mass is 9.62. The van der Waals surface area contributed by atoms with Gasteiger partial charge >= 0.3 is 0 Å². The highest BCUT2D eigenvalue weighted by Gasteiger charge is 2.39. The molecular formula is C13H20O. The number of hydrogen-bond donors (Lipinski definition) is 0. The van der Waals surface area contributed by atoms with Crippen molar-refractivity contribution < 1.29 is 4.79 Å². The molecule has 2 unspecified atom stereocenters. The Labute approximate surface area is 86.9 Å². The van der Waals surface area contributed by atoms with Crippen molar-refractivity contribution in [3.63, 3.8) is 0 Å². The first-order valence-electron chi connectivity index (χ1n) is 5.37. The second-order valence-electron chi connectivity index (χ2n) is 4.46. The maximum Gasteiger partial charge on any atom is 0.146 e. The summed E-state index contributed by atoms with van der Waals surface area (Å²) in [5, 5.41) is 0. The van der Waals surface area contributed by atoms with Crippen LogP contribution in [0.25, 0.3) is 0 Å². The van der Waals surface area contributed by atoms with E-state index in [-0.39, 0.29) is 5.41 Å². The van der Waals surface area contributed by atoms with Gasteiger partial charge in [0.1, 0.15) is 6.29 Å². The molecule has 0 bridgehead atoms. The average Bonchev–Trinajstić information content (AvgIpc) is 2.16. The molecule has 0 radical (unpaired) electrons. The van der Waals surface area contributed by atoms with E-state index in [0.717, 1.165) is 18.3 Å². The molecule has 0 N–H and O–H groups in total. The van der Waals surface area contributed by atoms with Gasteiger partial charge in [-0.15, -0.1) is 0 Å². The molecule has 0 spiro atoms. The largest absolute Gasteiger partial charge is 0.298 e. The Morgan fingerprint density at radius 3 is 2.71 bits per heavy atom. The molecule has 1 rings (SSSR count). The van der Waals surface area contributed by atoms with Gasteiger partial charge in [0.25, 0.3) is 0 Å². The maximum absolute atomic E-state index is 11.0. The minimum Gasteiger partial charge on any atom is -0.298 e. The van der Waals surface area contributed by atoms with Crippen LogP contribution in [0.5, 0.6) is 0 Å². The van der Waals surface area contributed by atoms with Crippen LogP contribution in [0.15, 0.2) is 23.8 Å². The van der Waals surface area contributed by atoms with Crippen molar-refractivity contribution in [2.75, 3.05) is 0 Å². The molecule has 1 aliphatic rings. The molecule has 0 saturated heterocycles. The second-order valence-corrected chi connectivity index (χ2v) is 4.46. The van der Waals surface area contributed by atoms with Gasteiger partial charge in [-0.25, -0.2) is 0 Å². The van der Waals surface area contributed by atoms with Crippen molar-refractivity contribution in [1.29, 1.82) is 0 Å². The Morgan fingerprint density at radius 1 is 1.64 bits per heavy atom. The Hall–Kier alpha value is -0.850. The predicted molar refractivity (Wildman–Crippen MR) is 60.1 cm³/mol. The van der Waals surface area contributed by atoms with Crippen molar-refractivity contribution in [2.24, 2.45) is 11.3 Å². The minimum atomic E-state index is -0.0885. The van der Waals surface area contributed by atoms with Gasteiger partial charge in [-0.05, 0) is 37.7 Å². The number of hydrogen-bond acceptors (Lipinski definition) is 1. The fraction of sp³-hybridized carbons (Fsp3) is 0.615. The van der Waals surface area contributed by atoms with Crippen LogP contribution >= 0.6 is 0 Å². The first kappa shape index (κ1) is 11.2. The van der Waals surface area contributed by atoms with E-state index in [1.165, 1.54) is 18.4 Å². The molecule has 0 aliphatic heterocycles. The minimum absolute atomic E-state index is 0.0885. The van der Waals surface area contributed by atoms with Crippen molar-refractivity contribution in [3.05, 3.63) is 23.8 Å². The van der Waals surface area contributed by atoms with E-state index in [2.05, 4.69) is 20.4 Å². The van der Waals surface area contributed by atoms with Crippen LogP contribution in [-0.2, 0) is 4.79 Å². The van der Waals surface area contributed by atoms with E-state index in [1.54, 1.807) is 0 Å². The number of aldehydes is 1. The molecule has 78 valence electrons. The van der Waals surface area contributed by atoms with E-state index >= 15 is 0 Å². The normalized spacial score (nSPS) is 34.4. The van der Waals surface area contributed by atoms with Gasteiger partial charge < -0.3 is 0 Å². The fourth-order valence-electron chi connectivity index (χ4n) is 2.50. The lowest BCUT2D eigenvalue weighted by molar-refractivity contribution is -0.106. The molecule has 1 saturated carbocycles. The summed E-state index contributed by atoms with van der Waals surface area (Å²) in [6, 6.07) is 0. The third kappa shape index (κ3) is 1.56. The molecule has 0 amide bonds. The lowest BCUT2D eigenvalue weighted by Crippen LogP contribution is -2.33. The second kappa shape index (κ2) is 4.12. The highest BCUT2D eigenvalue weighted by atomic mass is 16.1. The standard InChI is InChI=1S/C13H20O/c1-5-12(9-14)13(4)10(2)7-6-8-11(13)3/h5,9,11H,2,6-8H2,1,3-4H3/b12-5+. The van der Waals surface area contributed by atoms with Crippen molar-refractivity contribution in [1.82, 2.24) is 0 Å². The zero-order valence-electron chi connectivity index (χ0n) is 9.47. The summed E-state index contributed by atoms with van der Waals surface area (Å²) in [6.07, 6.45) is 6.39. The molecule has 1 fully saturated rings. The molecular weight excluding hydrogens is 172 g/mol. The van der Waals surface area contributed by atoms with E-state index in [1.807, 2.05) is 13.0 Å². The number of carbonyl (C=O) groups excluding carboxylic acids is 1. The van der Waals surface area contributed by atoms with E-state index in [4.69, 9.17) is 0 Å². The molecule has 0 aromatic rings. The van der Waals surface area contributed by atoms with Crippen LogP contribution < -0.4 is 0 Å². The van der Waals surface area contributed by atoms with Gasteiger partial charge in [0.15, 0.2) is 0 Å². The van der Waals surface area contributed by atoms with Crippen LogP contribution in [-0.4, -0.2) is 6.29 Å². The first-order valence-corrected chi connectivity index (χ1v) is 5.37. The van der Waals surface area contributed by atoms with Gasteiger partial charge in [0, 0.05) is 5.41 Å². The van der Waals surface area contributed by atoms with E-state index < -0.39 is 0 Å². The zero-order valence-corrected chi connectivity index (χ0v) is 9.47. The predicted octanol–water partition coefficient (Wildman–Crippen LogP) is 3.51. The van der Waals surface area contributed by atoms with Crippen molar-refractivity contribution in [3.8, 4) is 0 Å². The molecule has 0 aromatic heterocycles. The summed E-state index contributed by atoms with van der Waals surface area (Å²) in [6.45, 7) is 10.4. The van der Waals surface area contributed by atoms with Crippen molar-refractivity contribution >= 4 is 6.29 Å². The smallest absolute Gasteiger partial charge is 0.146 e. The summed E-state index contributed by atoms with van der Waals surface area (Å²) in [4.78, 5) is 11.0. The third-order valence-electron chi connectivity index (χ3n) is 3.87. The van der Waals surface area contributed by atoms with Crippen LogP contribution in [0.2, 0.25) is 0 Å². The van der Waals surface area contributed by atoms with Crippen LogP contribution in [0.4, 0.5) is 0 Å². The van der Waals surface area contributed by atoms with E-state index in [0.29, 0.717) is 5.92 Å². The van der Waals surface area contributed by atoms with Gasteiger partial charge in [-0.2, -0.15) is 0 Å². The lowest BCUT2D eigenvalue weighted by Gasteiger charge is -2.42. The van der Waals surface area contributed by atoms with Gasteiger partial charge in [0.05, 0.1) is 0 Å². The van der Waals surface area contributed by atoms with Crippen LogP contribution in [0, 0.1) is 11.3 Å². The molecule has 1 heteroatoms. The highest BCUT2D eigenvalue weighted by molar-refractivity contribution is 5.76. The Kier molecular flexibility index (Phi) is 3.30. The highest BCUT2D eigenvalue weighted by Crippen LogP contribution is 2.48. The number of rotatable bonds is 2. The summed E-state index contributed by atoms with van der Waals surface area (Å²) in [7, 11) is 0. The first-order chi connectivity index (χ1) is 6.57. The van der Waals surface area contributed by atoms with Gasteiger partial charge in [0.2, 0.25) is 0 Å². The zero-order chi connectivity index (χ0) is 10.8. The van der Waals surface area contributed by atoms with Gasteiger partial charge in [-0.1, -0.05) is 32.1 Å². The fourth-order valence-corrected chi connectivity index (χ4v) is 2.50. The summed E-state index contributed by atoms with van der Waals surface area (Å²) >= 11 is 0. The Balaban J connectivity index is 3.09. The Bertz CT molecular complexity index is 275. The topological polar surface area (TPSA) is 17.1 Å². The summed E-state index contributed by atoms with van der Waals surface area (Å²) in [5.41, 5.74) is 2.03. The summed E-state index contributed by atoms with van der Waals surface area (Å²) in [5.74, 6) is 0.528. The maximum atomic E-state index is 11.0. The molecule has 0 aromatic carbocycles. The van der Waals surface area contributed by atoms with Crippen molar-refractivity contribution in [2.45, 2.75) is 40.0 Å². The Morgan fingerprint density at radius 2 is 2.29 bits per heavy atom. The van der Waals surface area contributed by atoms with E-state index in [9.17, 15) is 4.79 Å². The summed E-state index contributed by atoms with van der Waals surface area (Å²) < 4.78 is 0.